The summed E-state index contributed by atoms with van der Waals surface area (Å²) in [6, 6.07) is 5.66. The molecule has 0 aromatic heterocycles. The van der Waals surface area contributed by atoms with E-state index < -0.39 is 28.9 Å². The van der Waals surface area contributed by atoms with Crippen molar-refractivity contribution in [3.8, 4) is 16.9 Å². The highest BCUT2D eigenvalue weighted by molar-refractivity contribution is 6.12. The predicted octanol–water partition coefficient (Wildman–Crippen LogP) is 2.56. The second-order valence-electron chi connectivity index (χ2n) is 4.63. The molecule has 0 atom stereocenters. The maximum atomic E-state index is 14.2. The predicted molar refractivity (Wildman–Crippen MR) is 84.7 cm³/mol. The number of carbonyl (C=O) groups excluding carboxylic acids is 1. The lowest BCUT2D eigenvalue weighted by Gasteiger charge is -2.14. The monoisotopic (exact) mass is 330 g/mol. The van der Waals surface area contributed by atoms with Crippen LogP contribution in [0.4, 0.5) is 14.5 Å². The largest absolute Gasteiger partial charge is 0.507 e. The van der Waals surface area contributed by atoms with Gasteiger partial charge in [-0.2, -0.15) is 0 Å². The number of nitrogens with two attached hydrogens (primary N) is 1. The number of rotatable bonds is 2. The lowest BCUT2D eigenvalue weighted by molar-refractivity contribution is 0.0974. The Balaban J connectivity index is 2.79. The van der Waals surface area contributed by atoms with E-state index in [0.29, 0.717) is 0 Å². The van der Waals surface area contributed by atoms with Gasteiger partial charge in [0.25, 0.3) is 5.91 Å². The van der Waals surface area contributed by atoms with E-state index in [4.69, 9.17) is 12.3 Å². The SMILES string of the molecule is [C-]#[N+]c1ccc(O)c(C(=O)NC(N)=NC)c1-c1cccc(F)c1F. The van der Waals surface area contributed by atoms with Crippen molar-refractivity contribution >= 4 is 17.6 Å². The summed E-state index contributed by atoms with van der Waals surface area (Å²) in [4.78, 5) is 19.1. The summed E-state index contributed by atoms with van der Waals surface area (Å²) in [5.41, 5.74) is 4.33. The number of hydrogen-bond donors (Lipinski definition) is 3. The van der Waals surface area contributed by atoms with Gasteiger partial charge in [-0.15, -0.1) is 0 Å². The van der Waals surface area contributed by atoms with E-state index in [1.54, 1.807) is 0 Å². The second-order valence-corrected chi connectivity index (χ2v) is 4.63. The van der Waals surface area contributed by atoms with Gasteiger partial charge >= 0.3 is 0 Å². The van der Waals surface area contributed by atoms with Crippen LogP contribution >= 0.6 is 0 Å². The van der Waals surface area contributed by atoms with Crippen LogP contribution in [-0.2, 0) is 0 Å². The molecule has 0 saturated heterocycles. The number of benzene rings is 2. The molecule has 2 aromatic carbocycles. The van der Waals surface area contributed by atoms with Crippen molar-refractivity contribution in [1.82, 2.24) is 5.32 Å². The summed E-state index contributed by atoms with van der Waals surface area (Å²) < 4.78 is 27.7. The number of carbonyl (C=O) groups is 1. The first-order valence-corrected chi connectivity index (χ1v) is 6.62. The Bertz CT molecular complexity index is 888. The molecule has 0 aliphatic heterocycles. The van der Waals surface area contributed by atoms with E-state index in [-0.39, 0.29) is 22.8 Å². The van der Waals surface area contributed by atoms with Crippen molar-refractivity contribution in [2.24, 2.45) is 10.7 Å². The summed E-state index contributed by atoms with van der Waals surface area (Å²) in [5, 5.41) is 12.2. The zero-order valence-electron chi connectivity index (χ0n) is 12.5. The quantitative estimate of drug-likeness (QED) is 0.449. The summed E-state index contributed by atoms with van der Waals surface area (Å²) in [7, 11) is 1.33. The van der Waals surface area contributed by atoms with Gasteiger partial charge in [-0.25, -0.2) is 13.6 Å². The van der Waals surface area contributed by atoms with Crippen LogP contribution in [0.25, 0.3) is 16.0 Å². The average Bonchev–Trinajstić information content (AvgIpc) is 2.56. The minimum atomic E-state index is -1.24. The van der Waals surface area contributed by atoms with Crippen LogP contribution in [-0.4, -0.2) is 24.0 Å². The fourth-order valence-corrected chi connectivity index (χ4v) is 2.11. The molecule has 122 valence electrons. The number of nitrogens with zero attached hydrogens (tertiary/aromatic N) is 2. The van der Waals surface area contributed by atoms with Crippen molar-refractivity contribution < 1.29 is 18.7 Å². The van der Waals surface area contributed by atoms with E-state index in [1.807, 2.05) is 0 Å². The molecule has 4 N–H and O–H groups in total. The minimum Gasteiger partial charge on any atom is -0.507 e. The first-order chi connectivity index (χ1) is 11.4. The molecule has 2 rings (SSSR count). The fraction of sp³-hybridized carbons (Fsp3) is 0.0625. The van der Waals surface area contributed by atoms with Gasteiger partial charge in [0.15, 0.2) is 23.3 Å². The maximum absolute atomic E-state index is 14.2. The number of phenols is 1. The average molecular weight is 330 g/mol. The molecule has 6 nitrogen and oxygen atoms in total. The molecule has 24 heavy (non-hydrogen) atoms. The number of nitrogens with one attached hydrogen (secondary N) is 1. The molecule has 1 amide bonds. The minimum absolute atomic E-state index is 0.130. The molecule has 0 aliphatic carbocycles. The summed E-state index contributed by atoms with van der Waals surface area (Å²) >= 11 is 0. The van der Waals surface area contributed by atoms with E-state index in [9.17, 15) is 18.7 Å². The van der Waals surface area contributed by atoms with Gasteiger partial charge in [-0.05, 0) is 12.1 Å². The van der Waals surface area contributed by atoms with Gasteiger partial charge in [0, 0.05) is 18.2 Å². The van der Waals surface area contributed by atoms with Crippen molar-refractivity contribution in [1.29, 1.82) is 0 Å². The Morgan fingerprint density at radius 1 is 1.33 bits per heavy atom. The summed E-state index contributed by atoms with van der Waals surface area (Å²) in [6.45, 7) is 7.19. The Morgan fingerprint density at radius 2 is 2.04 bits per heavy atom. The second kappa shape index (κ2) is 6.75. The first-order valence-electron chi connectivity index (χ1n) is 6.62. The first kappa shape index (κ1) is 16.9. The molecule has 0 aliphatic rings. The van der Waals surface area contributed by atoms with Gasteiger partial charge < -0.3 is 10.8 Å². The lowest BCUT2D eigenvalue weighted by Crippen LogP contribution is -2.36. The Morgan fingerprint density at radius 3 is 2.67 bits per heavy atom. The van der Waals surface area contributed by atoms with Crippen LogP contribution in [0, 0.1) is 18.2 Å². The highest BCUT2D eigenvalue weighted by Crippen LogP contribution is 2.40. The maximum Gasteiger partial charge on any atom is 0.261 e. The highest BCUT2D eigenvalue weighted by Gasteiger charge is 2.24. The normalized spacial score (nSPS) is 11.0. The van der Waals surface area contributed by atoms with Crippen LogP contribution in [0.2, 0.25) is 0 Å². The van der Waals surface area contributed by atoms with Crippen LogP contribution < -0.4 is 11.1 Å². The molecule has 0 saturated carbocycles. The third-order valence-electron chi connectivity index (χ3n) is 3.21. The molecule has 0 heterocycles. The molecule has 2 aromatic rings. The topological polar surface area (TPSA) is 92.1 Å². The molecular formula is C16H12F2N4O2. The van der Waals surface area contributed by atoms with Crippen molar-refractivity contribution in [3.05, 3.63) is 58.9 Å². The van der Waals surface area contributed by atoms with E-state index in [1.165, 1.54) is 25.2 Å². The Hall–Kier alpha value is -3.47. The van der Waals surface area contributed by atoms with Crippen LogP contribution in [0.3, 0.4) is 0 Å². The molecule has 0 fully saturated rings. The van der Waals surface area contributed by atoms with E-state index in [0.717, 1.165) is 12.1 Å². The molecule has 8 heteroatoms. The van der Waals surface area contributed by atoms with Crippen molar-refractivity contribution in [3.63, 3.8) is 0 Å². The zero-order valence-corrected chi connectivity index (χ0v) is 12.5. The summed E-state index contributed by atoms with van der Waals surface area (Å²) in [5.74, 6) is -4.03. The molecule has 0 spiro atoms. The molecule has 0 bridgehead atoms. The van der Waals surface area contributed by atoms with Gasteiger partial charge in [0.1, 0.15) is 5.75 Å². The highest BCUT2D eigenvalue weighted by atomic mass is 19.2. The number of amides is 1. The molecule has 0 radical (unpaired) electrons. The van der Waals surface area contributed by atoms with Crippen LogP contribution in [0.15, 0.2) is 35.3 Å². The number of halogens is 2. The zero-order chi connectivity index (χ0) is 17.9. The number of phenolic OH excluding ortho intramolecular Hbond substituents is 1. The number of hydrogen-bond acceptors (Lipinski definition) is 3. The van der Waals surface area contributed by atoms with Crippen molar-refractivity contribution in [2.45, 2.75) is 0 Å². The third-order valence-corrected chi connectivity index (χ3v) is 3.21. The molecular weight excluding hydrogens is 318 g/mol. The third kappa shape index (κ3) is 3.01. The van der Waals surface area contributed by atoms with Gasteiger partial charge in [-0.3, -0.25) is 15.1 Å². The number of aromatic hydroxyl groups is 1. The lowest BCUT2D eigenvalue weighted by atomic mass is 9.95. The molecule has 0 unspecified atom stereocenters. The van der Waals surface area contributed by atoms with Gasteiger partial charge in [0.2, 0.25) is 0 Å². The van der Waals surface area contributed by atoms with Crippen LogP contribution in [0.5, 0.6) is 5.75 Å². The van der Waals surface area contributed by atoms with Crippen LogP contribution in [0.1, 0.15) is 10.4 Å². The number of guanidine groups is 1. The fourth-order valence-electron chi connectivity index (χ4n) is 2.11. The van der Waals surface area contributed by atoms with Gasteiger partial charge in [0.05, 0.1) is 12.1 Å². The van der Waals surface area contributed by atoms with E-state index in [2.05, 4.69) is 15.2 Å². The Kier molecular flexibility index (Phi) is 4.75. The standard InChI is InChI=1S/C16H12F2N4O2/c1-20-10-6-7-11(23)13(15(24)22-16(19)21-2)12(10)8-4-3-5-9(17)14(8)18/h3-7,23H,2H3,(H3,19,21,22,24). The smallest absolute Gasteiger partial charge is 0.261 e. The number of aliphatic imine (C=N–C) groups is 1. The summed E-state index contributed by atoms with van der Waals surface area (Å²) in [6.07, 6.45) is 0. The van der Waals surface area contributed by atoms with E-state index >= 15 is 0 Å². The Labute approximate surface area is 136 Å². The van der Waals surface area contributed by atoms with Gasteiger partial charge in [-0.1, -0.05) is 18.2 Å². The van der Waals surface area contributed by atoms with Crippen molar-refractivity contribution in [2.75, 3.05) is 7.05 Å².